The van der Waals surface area contributed by atoms with Gasteiger partial charge in [-0.1, -0.05) is 25.1 Å². The Morgan fingerprint density at radius 3 is 2.74 bits per heavy atom. The SMILES string of the molecule is CC(CCN)C(=O)NCc1ccccc1OC(F)F. The van der Waals surface area contributed by atoms with Crippen molar-refractivity contribution in [3.05, 3.63) is 29.8 Å². The number of rotatable bonds is 7. The monoisotopic (exact) mass is 272 g/mol. The largest absolute Gasteiger partial charge is 0.434 e. The molecule has 1 amide bonds. The van der Waals surface area contributed by atoms with Gasteiger partial charge < -0.3 is 15.8 Å². The maximum absolute atomic E-state index is 12.2. The Morgan fingerprint density at radius 1 is 1.42 bits per heavy atom. The lowest BCUT2D eigenvalue weighted by molar-refractivity contribution is -0.124. The molecule has 3 N–H and O–H groups in total. The van der Waals surface area contributed by atoms with E-state index in [0.29, 0.717) is 18.5 Å². The van der Waals surface area contributed by atoms with Crippen molar-refractivity contribution < 1.29 is 18.3 Å². The van der Waals surface area contributed by atoms with E-state index in [2.05, 4.69) is 10.1 Å². The van der Waals surface area contributed by atoms with Crippen LogP contribution < -0.4 is 15.8 Å². The summed E-state index contributed by atoms with van der Waals surface area (Å²) >= 11 is 0. The molecule has 0 fully saturated rings. The number of amides is 1. The Bertz CT molecular complexity index is 413. The summed E-state index contributed by atoms with van der Waals surface area (Å²) in [5.74, 6) is -0.283. The lowest BCUT2D eigenvalue weighted by Gasteiger charge is -2.13. The molecular weight excluding hydrogens is 254 g/mol. The molecular formula is C13H18F2N2O2. The van der Waals surface area contributed by atoms with Crippen LogP contribution in [-0.4, -0.2) is 19.1 Å². The molecule has 0 aliphatic heterocycles. The molecule has 1 aromatic carbocycles. The summed E-state index contributed by atoms with van der Waals surface area (Å²) in [6.07, 6.45) is 0.584. The van der Waals surface area contributed by atoms with Crippen LogP contribution in [-0.2, 0) is 11.3 Å². The highest BCUT2D eigenvalue weighted by molar-refractivity contribution is 5.78. The third-order valence-corrected chi connectivity index (χ3v) is 2.69. The van der Waals surface area contributed by atoms with Gasteiger partial charge >= 0.3 is 6.61 Å². The summed E-state index contributed by atoms with van der Waals surface area (Å²) in [5, 5.41) is 2.68. The molecule has 0 saturated carbocycles. The smallest absolute Gasteiger partial charge is 0.387 e. The fourth-order valence-electron chi connectivity index (χ4n) is 1.60. The maximum Gasteiger partial charge on any atom is 0.387 e. The summed E-state index contributed by atoms with van der Waals surface area (Å²) < 4.78 is 28.8. The summed E-state index contributed by atoms with van der Waals surface area (Å²) in [4.78, 5) is 11.7. The van der Waals surface area contributed by atoms with Crippen molar-refractivity contribution in [1.29, 1.82) is 0 Å². The van der Waals surface area contributed by atoms with E-state index in [1.54, 1.807) is 25.1 Å². The van der Waals surface area contributed by atoms with Crippen LogP contribution in [0.4, 0.5) is 8.78 Å². The highest BCUT2D eigenvalue weighted by Crippen LogP contribution is 2.20. The van der Waals surface area contributed by atoms with E-state index >= 15 is 0 Å². The molecule has 6 heteroatoms. The van der Waals surface area contributed by atoms with Gasteiger partial charge in [-0.2, -0.15) is 8.78 Å². The first-order valence-electron chi connectivity index (χ1n) is 6.05. The van der Waals surface area contributed by atoms with Crippen LogP contribution in [0.2, 0.25) is 0 Å². The molecule has 0 aromatic heterocycles. The van der Waals surface area contributed by atoms with Crippen molar-refractivity contribution >= 4 is 5.91 Å². The number of hydrogen-bond acceptors (Lipinski definition) is 3. The van der Waals surface area contributed by atoms with E-state index in [1.165, 1.54) is 6.07 Å². The molecule has 0 aliphatic rings. The van der Waals surface area contributed by atoms with E-state index < -0.39 is 6.61 Å². The van der Waals surface area contributed by atoms with Crippen LogP contribution in [0.1, 0.15) is 18.9 Å². The number of carbonyl (C=O) groups excluding carboxylic acids is 1. The first-order chi connectivity index (χ1) is 9.04. The van der Waals surface area contributed by atoms with Gasteiger partial charge in [0.1, 0.15) is 5.75 Å². The molecule has 4 nitrogen and oxygen atoms in total. The fourth-order valence-corrected chi connectivity index (χ4v) is 1.60. The van der Waals surface area contributed by atoms with Gasteiger partial charge in [-0.15, -0.1) is 0 Å². The quantitative estimate of drug-likeness (QED) is 0.796. The Morgan fingerprint density at radius 2 is 2.11 bits per heavy atom. The standard InChI is InChI=1S/C13H18F2N2O2/c1-9(6-7-16)12(18)17-8-10-4-2-3-5-11(10)19-13(14)15/h2-5,9,13H,6-8,16H2,1H3,(H,17,18). The molecule has 19 heavy (non-hydrogen) atoms. The van der Waals surface area contributed by atoms with E-state index in [1.807, 2.05) is 0 Å². The van der Waals surface area contributed by atoms with E-state index in [-0.39, 0.29) is 24.1 Å². The minimum atomic E-state index is -2.88. The van der Waals surface area contributed by atoms with Crippen molar-refractivity contribution in [2.45, 2.75) is 26.5 Å². The van der Waals surface area contributed by atoms with Gasteiger partial charge in [0.25, 0.3) is 0 Å². The molecule has 0 aliphatic carbocycles. The molecule has 1 rings (SSSR count). The van der Waals surface area contributed by atoms with Crippen molar-refractivity contribution in [1.82, 2.24) is 5.32 Å². The Hall–Kier alpha value is -1.69. The lowest BCUT2D eigenvalue weighted by Crippen LogP contribution is -2.30. The van der Waals surface area contributed by atoms with Crippen molar-refractivity contribution in [2.24, 2.45) is 11.7 Å². The zero-order valence-electron chi connectivity index (χ0n) is 10.7. The number of alkyl halides is 2. The molecule has 0 heterocycles. The molecule has 0 saturated heterocycles. The Labute approximate surface area is 110 Å². The number of para-hydroxylation sites is 1. The molecule has 106 valence electrons. The van der Waals surface area contributed by atoms with Crippen molar-refractivity contribution in [2.75, 3.05) is 6.54 Å². The van der Waals surface area contributed by atoms with Gasteiger partial charge in [-0.05, 0) is 19.0 Å². The number of benzene rings is 1. The summed E-state index contributed by atoms with van der Waals surface area (Å²) in [6, 6.07) is 6.37. The average molecular weight is 272 g/mol. The van der Waals surface area contributed by atoms with Crippen molar-refractivity contribution in [3.63, 3.8) is 0 Å². The summed E-state index contributed by atoms with van der Waals surface area (Å²) in [6.45, 7) is -0.534. The average Bonchev–Trinajstić information content (AvgIpc) is 2.37. The second kappa shape index (κ2) is 7.68. The topological polar surface area (TPSA) is 64.4 Å². The van der Waals surface area contributed by atoms with Gasteiger partial charge in [0.15, 0.2) is 0 Å². The second-order valence-corrected chi connectivity index (χ2v) is 4.18. The molecule has 1 aromatic rings. The maximum atomic E-state index is 12.2. The van der Waals surface area contributed by atoms with Crippen LogP contribution in [0.3, 0.4) is 0 Å². The molecule has 0 spiro atoms. The Balaban J connectivity index is 2.59. The van der Waals surface area contributed by atoms with Crippen LogP contribution in [0.25, 0.3) is 0 Å². The molecule has 1 atom stereocenters. The van der Waals surface area contributed by atoms with Gasteiger partial charge in [-0.25, -0.2) is 0 Å². The number of hydrogen-bond donors (Lipinski definition) is 2. The lowest BCUT2D eigenvalue weighted by atomic mass is 10.1. The zero-order chi connectivity index (χ0) is 14.3. The van der Waals surface area contributed by atoms with Crippen LogP contribution in [0, 0.1) is 5.92 Å². The molecule has 0 radical (unpaired) electrons. The molecule has 1 unspecified atom stereocenters. The third kappa shape index (κ3) is 5.21. The second-order valence-electron chi connectivity index (χ2n) is 4.18. The minimum Gasteiger partial charge on any atom is -0.434 e. The highest BCUT2D eigenvalue weighted by atomic mass is 19.3. The van der Waals surface area contributed by atoms with E-state index in [9.17, 15) is 13.6 Å². The predicted molar refractivity (Wildman–Crippen MR) is 67.8 cm³/mol. The number of carbonyl (C=O) groups is 1. The van der Waals surface area contributed by atoms with Gasteiger partial charge in [0.2, 0.25) is 5.91 Å². The Kier molecular flexibility index (Phi) is 6.21. The van der Waals surface area contributed by atoms with E-state index in [4.69, 9.17) is 5.73 Å². The minimum absolute atomic E-state index is 0.0734. The van der Waals surface area contributed by atoms with Crippen LogP contribution in [0.15, 0.2) is 24.3 Å². The third-order valence-electron chi connectivity index (χ3n) is 2.69. The number of nitrogens with two attached hydrogens (primary N) is 1. The number of halogens is 2. The normalized spacial score (nSPS) is 12.3. The summed E-state index contributed by atoms with van der Waals surface area (Å²) in [7, 11) is 0. The van der Waals surface area contributed by atoms with Crippen molar-refractivity contribution in [3.8, 4) is 5.75 Å². The first kappa shape index (κ1) is 15.4. The van der Waals surface area contributed by atoms with Gasteiger partial charge in [-0.3, -0.25) is 4.79 Å². The predicted octanol–water partition coefficient (Wildman–Crippen LogP) is 1.89. The number of ether oxygens (including phenoxy) is 1. The van der Waals surface area contributed by atoms with Gasteiger partial charge in [0, 0.05) is 18.0 Å². The molecule has 0 bridgehead atoms. The van der Waals surface area contributed by atoms with Crippen LogP contribution in [0.5, 0.6) is 5.75 Å². The highest BCUT2D eigenvalue weighted by Gasteiger charge is 2.13. The fraction of sp³-hybridized carbons (Fsp3) is 0.462. The number of nitrogens with one attached hydrogen (secondary N) is 1. The van der Waals surface area contributed by atoms with E-state index in [0.717, 1.165) is 0 Å². The summed E-state index contributed by atoms with van der Waals surface area (Å²) in [5.41, 5.74) is 5.88. The van der Waals surface area contributed by atoms with Crippen LogP contribution >= 0.6 is 0 Å². The first-order valence-corrected chi connectivity index (χ1v) is 6.05. The zero-order valence-corrected chi connectivity index (χ0v) is 10.7. The van der Waals surface area contributed by atoms with Gasteiger partial charge in [0.05, 0.1) is 0 Å².